The van der Waals surface area contributed by atoms with Crippen molar-refractivity contribution < 1.29 is 24.2 Å². The fourth-order valence-corrected chi connectivity index (χ4v) is 3.82. The highest BCUT2D eigenvalue weighted by Crippen LogP contribution is 2.36. The van der Waals surface area contributed by atoms with Gasteiger partial charge in [0, 0.05) is 11.3 Å². The molecule has 1 amide bonds. The van der Waals surface area contributed by atoms with Gasteiger partial charge in [0.25, 0.3) is 5.91 Å². The summed E-state index contributed by atoms with van der Waals surface area (Å²) in [6.07, 6.45) is 2.92. The molecule has 0 saturated carbocycles. The summed E-state index contributed by atoms with van der Waals surface area (Å²) in [6.45, 7) is 2.31. The molecule has 2 heterocycles. The number of allylic oxidation sites excluding steroid dienone is 1. The van der Waals surface area contributed by atoms with Gasteiger partial charge in [-0.3, -0.25) is 4.79 Å². The average molecular weight is 469 g/mol. The number of nitrogens with zero attached hydrogens (tertiary/aromatic N) is 2. The van der Waals surface area contributed by atoms with E-state index in [1.165, 1.54) is 19.4 Å². The summed E-state index contributed by atoms with van der Waals surface area (Å²) in [5, 5.41) is 19.9. The van der Waals surface area contributed by atoms with Gasteiger partial charge in [-0.05, 0) is 37.3 Å². The predicted octanol–water partition coefficient (Wildman–Crippen LogP) is 4.18. The van der Waals surface area contributed by atoms with Gasteiger partial charge >= 0.3 is 5.97 Å². The smallest absolute Gasteiger partial charge is 0.352 e. The van der Waals surface area contributed by atoms with Crippen LogP contribution >= 0.6 is 11.6 Å². The molecule has 0 unspecified atom stereocenters. The predicted molar refractivity (Wildman–Crippen MR) is 123 cm³/mol. The number of para-hydroxylation sites is 1. The summed E-state index contributed by atoms with van der Waals surface area (Å²) in [4.78, 5) is 24.9. The lowest BCUT2D eigenvalue weighted by molar-refractivity contribution is -0.132. The third-order valence-corrected chi connectivity index (χ3v) is 5.35. The summed E-state index contributed by atoms with van der Waals surface area (Å²) < 4.78 is 12.4. The molecule has 1 atom stereocenters. The fraction of sp³-hybridized carbons (Fsp3) is 0.174. The molecule has 2 aromatic carbocycles. The highest BCUT2D eigenvalue weighted by molar-refractivity contribution is 6.32. The molecule has 10 heteroatoms. The summed E-state index contributed by atoms with van der Waals surface area (Å²) in [5.74, 6) is -0.300. The maximum atomic E-state index is 13.0. The zero-order chi connectivity index (χ0) is 23.5. The van der Waals surface area contributed by atoms with Crippen LogP contribution in [0.15, 0.2) is 60.4 Å². The monoisotopic (exact) mass is 468 g/mol. The first-order valence-corrected chi connectivity index (χ1v) is 10.5. The van der Waals surface area contributed by atoms with Gasteiger partial charge in [0.05, 0.1) is 24.9 Å². The number of aliphatic carboxylic acids is 1. The zero-order valence-corrected chi connectivity index (χ0v) is 18.6. The van der Waals surface area contributed by atoms with Crippen LogP contribution in [0.1, 0.15) is 28.9 Å². The number of rotatable bonds is 7. The maximum absolute atomic E-state index is 13.0. The van der Waals surface area contributed by atoms with Gasteiger partial charge in [-0.1, -0.05) is 29.8 Å². The molecule has 0 bridgehead atoms. The zero-order valence-electron chi connectivity index (χ0n) is 17.8. The Kier molecular flexibility index (Phi) is 6.23. The Morgan fingerprint density at radius 1 is 1.24 bits per heavy atom. The Labute approximate surface area is 194 Å². The SMILES string of the molecule is CCOc1ccccc1[C@@H]1C=C(C(=O)O)Nc2c(C(=O)Nc3ccc(OC)c(Cl)c3)cnn21. The number of amides is 1. The third-order valence-electron chi connectivity index (χ3n) is 5.06. The molecule has 0 fully saturated rings. The van der Waals surface area contributed by atoms with E-state index in [0.29, 0.717) is 28.8 Å². The molecular weight excluding hydrogens is 448 g/mol. The average Bonchev–Trinajstić information content (AvgIpc) is 3.23. The van der Waals surface area contributed by atoms with E-state index in [0.717, 1.165) is 5.56 Å². The normalized spacial score (nSPS) is 14.5. The van der Waals surface area contributed by atoms with E-state index in [1.54, 1.807) is 28.9 Å². The van der Waals surface area contributed by atoms with Crippen molar-refractivity contribution in [2.45, 2.75) is 13.0 Å². The summed E-state index contributed by atoms with van der Waals surface area (Å²) in [7, 11) is 1.50. The van der Waals surface area contributed by atoms with E-state index in [1.807, 2.05) is 25.1 Å². The van der Waals surface area contributed by atoms with Crippen LogP contribution in [-0.2, 0) is 4.79 Å². The molecule has 0 spiro atoms. The number of anilines is 2. The summed E-state index contributed by atoms with van der Waals surface area (Å²) >= 11 is 6.14. The second-order valence-electron chi connectivity index (χ2n) is 7.08. The van der Waals surface area contributed by atoms with Crippen molar-refractivity contribution in [3.63, 3.8) is 0 Å². The molecule has 1 aliphatic rings. The molecule has 170 valence electrons. The minimum absolute atomic E-state index is 0.0687. The second kappa shape index (κ2) is 9.25. The van der Waals surface area contributed by atoms with Crippen molar-refractivity contribution in [2.24, 2.45) is 0 Å². The van der Waals surface area contributed by atoms with Crippen LogP contribution in [0.4, 0.5) is 11.5 Å². The van der Waals surface area contributed by atoms with Crippen LogP contribution in [0.2, 0.25) is 5.02 Å². The van der Waals surface area contributed by atoms with Crippen LogP contribution in [0.3, 0.4) is 0 Å². The molecule has 1 aliphatic heterocycles. The molecule has 0 radical (unpaired) electrons. The highest BCUT2D eigenvalue weighted by Gasteiger charge is 2.30. The van der Waals surface area contributed by atoms with Gasteiger partial charge in [0.15, 0.2) is 0 Å². The van der Waals surface area contributed by atoms with E-state index in [-0.39, 0.29) is 17.1 Å². The number of carbonyl (C=O) groups excluding carboxylic acids is 1. The standard InChI is InChI=1S/C23H21ClN4O5/c1-3-33-19-7-5-4-6-14(19)18-11-17(23(30)31)27-21-15(12-25-28(18)21)22(29)26-13-8-9-20(32-2)16(24)10-13/h4-12,18,27H,3H2,1-2H3,(H,26,29)(H,30,31)/t18-/m0/s1. The molecule has 9 nitrogen and oxygen atoms in total. The van der Waals surface area contributed by atoms with Gasteiger partial charge in [-0.2, -0.15) is 5.10 Å². The lowest BCUT2D eigenvalue weighted by Gasteiger charge is -2.25. The molecule has 4 rings (SSSR count). The van der Waals surface area contributed by atoms with Gasteiger partial charge < -0.3 is 25.2 Å². The van der Waals surface area contributed by atoms with Crippen molar-refractivity contribution >= 4 is 35.0 Å². The van der Waals surface area contributed by atoms with Crippen molar-refractivity contribution in [2.75, 3.05) is 24.4 Å². The van der Waals surface area contributed by atoms with E-state index in [4.69, 9.17) is 21.1 Å². The van der Waals surface area contributed by atoms with Gasteiger partial charge in [0.2, 0.25) is 0 Å². The number of halogens is 1. The van der Waals surface area contributed by atoms with E-state index < -0.39 is 17.9 Å². The number of fused-ring (bicyclic) bond motifs is 1. The van der Waals surface area contributed by atoms with Crippen LogP contribution in [0, 0.1) is 0 Å². The van der Waals surface area contributed by atoms with Crippen LogP contribution in [0.25, 0.3) is 0 Å². The molecule has 3 N–H and O–H groups in total. The van der Waals surface area contributed by atoms with Crippen LogP contribution in [-0.4, -0.2) is 40.5 Å². The van der Waals surface area contributed by atoms with Crippen molar-refractivity contribution in [3.8, 4) is 11.5 Å². The molecule has 0 saturated heterocycles. The van der Waals surface area contributed by atoms with Crippen molar-refractivity contribution in [3.05, 3.63) is 76.6 Å². The third kappa shape index (κ3) is 4.35. The molecule has 33 heavy (non-hydrogen) atoms. The Morgan fingerprint density at radius 3 is 2.73 bits per heavy atom. The Morgan fingerprint density at radius 2 is 2.03 bits per heavy atom. The number of carboxylic acid groups (broad SMARTS) is 1. The minimum Gasteiger partial charge on any atom is -0.495 e. The number of carboxylic acids is 1. The molecule has 1 aromatic heterocycles. The number of hydrogen-bond donors (Lipinski definition) is 3. The number of benzene rings is 2. The second-order valence-corrected chi connectivity index (χ2v) is 7.49. The van der Waals surface area contributed by atoms with Crippen LogP contribution < -0.4 is 20.1 Å². The number of methoxy groups -OCH3 is 1. The lowest BCUT2D eigenvalue weighted by atomic mass is 10.0. The Balaban J connectivity index is 1.71. The van der Waals surface area contributed by atoms with E-state index in [2.05, 4.69) is 15.7 Å². The highest BCUT2D eigenvalue weighted by atomic mass is 35.5. The largest absolute Gasteiger partial charge is 0.495 e. The van der Waals surface area contributed by atoms with Gasteiger partial charge in [-0.25, -0.2) is 9.48 Å². The molecule has 3 aromatic rings. The number of nitrogens with one attached hydrogen (secondary N) is 2. The lowest BCUT2D eigenvalue weighted by Crippen LogP contribution is -2.26. The minimum atomic E-state index is -1.16. The summed E-state index contributed by atoms with van der Waals surface area (Å²) in [5.41, 5.74) is 1.28. The van der Waals surface area contributed by atoms with Gasteiger partial charge in [-0.15, -0.1) is 0 Å². The first-order valence-electron chi connectivity index (χ1n) is 10.1. The van der Waals surface area contributed by atoms with Crippen molar-refractivity contribution in [1.82, 2.24) is 9.78 Å². The molecule has 0 aliphatic carbocycles. The first kappa shape index (κ1) is 22.2. The number of ether oxygens (including phenoxy) is 2. The first-order chi connectivity index (χ1) is 15.9. The quantitative estimate of drug-likeness (QED) is 0.476. The summed E-state index contributed by atoms with van der Waals surface area (Å²) in [6, 6.07) is 11.6. The molecular formula is C23H21ClN4O5. The Bertz CT molecular complexity index is 1250. The topological polar surface area (TPSA) is 115 Å². The van der Waals surface area contributed by atoms with Crippen molar-refractivity contribution in [1.29, 1.82) is 0 Å². The number of aromatic nitrogens is 2. The Hall–Kier alpha value is -3.98. The van der Waals surface area contributed by atoms with Crippen LogP contribution in [0.5, 0.6) is 11.5 Å². The van der Waals surface area contributed by atoms with E-state index >= 15 is 0 Å². The number of carbonyl (C=O) groups is 2. The van der Waals surface area contributed by atoms with E-state index in [9.17, 15) is 14.7 Å². The fourth-order valence-electron chi connectivity index (χ4n) is 3.56. The number of hydrogen-bond acceptors (Lipinski definition) is 6. The van der Waals surface area contributed by atoms with Gasteiger partial charge in [0.1, 0.15) is 34.6 Å². The maximum Gasteiger partial charge on any atom is 0.352 e.